The first-order valence-corrected chi connectivity index (χ1v) is 4.85. The number of primary amides is 1. The quantitative estimate of drug-likeness (QED) is 0.584. The molecule has 1 heterocycles. The van der Waals surface area contributed by atoms with Crippen LogP contribution in [0, 0.1) is 0 Å². The van der Waals surface area contributed by atoms with Gasteiger partial charge in [-0.1, -0.05) is 5.16 Å². The van der Waals surface area contributed by atoms with Crippen LogP contribution in [0.3, 0.4) is 0 Å². The number of hydrogen-bond acceptors (Lipinski definition) is 5. The predicted molar refractivity (Wildman–Crippen MR) is 55.3 cm³/mol. The first kappa shape index (κ1) is 11.9. The Bertz CT molecular complexity index is 267. The molecule has 2 atom stereocenters. The number of aliphatic hydroxyl groups is 1. The maximum Gasteiger partial charge on any atom is 0.235 e. The Morgan fingerprint density at radius 3 is 3.00 bits per heavy atom. The number of oxime groups is 1. The highest BCUT2D eigenvalue weighted by molar-refractivity contribution is 5.95. The fraction of sp³-hybridized carbons (Fsp3) is 0.778. The molecule has 0 aromatic rings. The smallest absolute Gasteiger partial charge is 0.235 e. The van der Waals surface area contributed by atoms with Crippen LogP contribution in [0.4, 0.5) is 0 Å². The summed E-state index contributed by atoms with van der Waals surface area (Å²) in [7, 11) is 1.46. The van der Waals surface area contributed by atoms with Crippen LogP contribution >= 0.6 is 0 Å². The van der Waals surface area contributed by atoms with Crippen molar-refractivity contribution in [3.63, 3.8) is 0 Å². The molecule has 1 saturated heterocycles. The van der Waals surface area contributed by atoms with E-state index in [1.165, 1.54) is 7.11 Å². The lowest BCUT2D eigenvalue weighted by molar-refractivity contribution is -0.123. The molecular formula is C9H17N3O3. The van der Waals surface area contributed by atoms with E-state index in [1.54, 1.807) is 0 Å². The van der Waals surface area contributed by atoms with Crippen LogP contribution in [0.5, 0.6) is 0 Å². The van der Waals surface area contributed by atoms with Crippen molar-refractivity contribution in [1.29, 1.82) is 0 Å². The largest absolute Gasteiger partial charge is 0.399 e. The summed E-state index contributed by atoms with van der Waals surface area (Å²) < 4.78 is 0. The van der Waals surface area contributed by atoms with E-state index < -0.39 is 5.91 Å². The van der Waals surface area contributed by atoms with Gasteiger partial charge in [0.2, 0.25) is 5.91 Å². The molecule has 1 fully saturated rings. The van der Waals surface area contributed by atoms with Crippen LogP contribution < -0.4 is 5.73 Å². The minimum absolute atomic E-state index is 0.00988. The number of nitrogens with two attached hydrogens (primary N) is 1. The summed E-state index contributed by atoms with van der Waals surface area (Å²) in [6, 6.07) is -0.492. The van der Waals surface area contributed by atoms with Crippen LogP contribution in [-0.2, 0) is 9.63 Å². The normalized spacial score (nSPS) is 26.9. The molecule has 0 bridgehead atoms. The summed E-state index contributed by atoms with van der Waals surface area (Å²) in [5, 5.41) is 12.9. The maximum absolute atomic E-state index is 11.2. The van der Waals surface area contributed by atoms with E-state index in [4.69, 9.17) is 10.8 Å². The Hall–Kier alpha value is -1.14. The van der Waals surface area contributed by atoms with Gasteiger partial charge in [0.15, 0.2) is 0 Å². The molecule has 15 heavy (non-hydrogen) atoms. The average molecular weight is 215 g/mol. The topological polar surface area (TPSA) is 88.2 Å². The molecule has 0 spiro atoms. The van der Waals surface area contributed by atoms with Gasteiger partial charge >= 0.3 is 0 Å². The van der Waals surface area contributed by atoms with Crippen LogP contribution in [0.25, 0.3) is 0 Å². The van der Waals surface area contributed by atoms with Gasteiger partial charge in [0.25, 0.3) is 0 Å². The average Bonchev–Trinajstić information content (AvgIpc) is 2.61. The third-order valence-corrected chi connectivity index (χ3v) is 2.57. The number of nitrogens with zero attached hydrogens (tertiary/aromatic N) is 2. The van der Waals surface area contributed by atoms with Gasteiger partial charge in [-0.15, -0.1) is 0 Å². The molecule has 1 amide bonds. The zero-order chi connectivity index (χ0) is 11.4. The van der Waals surface area contributed by atoms with Gasteiger partial charge in [0.1, 0.15) is 7.11 Å². The minimum atomic E-state index is -0.392. The van der Waals surface area contributed by atoms with Crippen molar-refractivity contribution in [2.75, 3.05) is 20.3 Å². The number of aliphatic hydroxyl groups excluding tert-OH is 1. The number of rotatable bonds is 4. The number of hydrogen-bond donors (Lipinski definition) is 2. The lowest BCUT2D eigenvalue weighted by atomic mass is 10.2. The monoisotopic (exact) mass is 215 g/mol. The zero-order valence-corrected chi connectivity index (χ0v) is 9.01. The SMILES string of the molecule is CON=C1CC(C(N)=O)N(C(C)CO)C1. The number of amides is 1. The van der Waals surface area contributed by atoms with E-state index in [0.29, 0.717) is 13.0 Å². The summed E-state index contributed by atoms with van der Waals surface area (Å²) in [5.41, 5.74) is 6.06. The summed E-state index contributed by atoms with van der Waals surface area (Å²) in [5.74, 6) is -0.392. The van der Waals surface area contributed by atoms with Crippen molar-refractivity contribution in [1.82, 2.24) is 4.90 Å². The number of carbonyl (C=O) groups is 1. The highest BCUT2D eigenvalue weighted by atomic mass is 16.6. The fourth-order valence-corrected chi connectivity index (χ4v) is 1.75. The molecule has 6 heteroatoms. The molecule has 3 N–H and O–H groups in total. The third-order valence-electron chi connectivity index (χ3n) is 2.57. The van der Waals surface area contributed by atoms with E-state index in [-0.39, 0.29) is 18.7 Å². The molecule has 0 aliphatic carbocycles. The molecule has 6 nitrogen and oxygen atoms in total. The van der Waals surface area contributed by atoms with Crippen LogP contribution in [0.1, 0.15) is 13.3 Å². The maximum atomic E-state index is 11.2. The molecule has 0 aromatic carbocycles. The van der Waals surface area contributed by atoms with Crippen molar-refractivity contribution >= 4 is 11.6 Å². The molecular weight excluding hydrogens is 198 g/mol. The molecule has 0 saturated carbocycles. The molecule has 86 valence electrons. The van der Waals surface area contributed by atoms with Gasteiger partial charge in [-0.05, 0) is 6.92 Å². The van der Waals surface area contributed by atoms with E-state index in [1.807, 2.05) is 11.8 Å². The zero-order valence-electron chi connectivity index (χ0n) is 9.01. The predicted octanol–water partition coefficient (Wildman–Crippen LogP) is -1.07. The minimum Gasteiger partial charge on any atom is -0.399 e. The van der Waals surface area contributed by atoms with E-state index in [2.05, 4.69) is 9.99 Å². The van der Waals surface area contributed by atoms with Gasteiger partial charge in [0.05, 0.1) is 18.4 Å². The van der Waals surface area contributed by atoms with Crippen molar-refractivity contribution in [3.8, 4) is 0 Å². The van der Waals surface area contributed by atoms with Crippen LogP contribution in [-0.4, -0.2) is 54.0 Å². The molecule has 1 aliphatic rings. The second kappa shape index (κ2) is 5.09. The summed E-state index contributed by atoms with van der Waals surface area (Å²) in [6.07, 6.45) is 0.480. The van der Waals surface area contributed by atoms with E-state index in [9.17, 15) is 4.79 Å². The first-order chi connectivity index (χ1) is 7.10. The van der Waals surface area contributed by atoms with Crippen LogP contribution in [0.15, 0.2) is 5.16 Å². The standard InChI is InChI=1S/C9H17N3O3/c1-6(5-13)12-4-7(11-15-2)3-8(12)9(10)14/h6,8,13H,3-5H2,1-2H3,(H2,10,14). The third kappa shape index (κ3) is 2.66. The summed E-state index contributed by atoms with van der Waals surface area (Å²) >= 11 is 0. The van der Waals surface area contributed by atoms with E-state index in [0.717, 1.165) is 5.71 Å². The summed E-state index contributed by atoms with van der Waals surface area (Å²) in [6.45, 7) is 2.35. The Morgan fingerprint density at radius 1 is 1.87 bits per heavy atom. The van der Waals surface area contributed by atoms with Gasteiger partial charge in [-0.3, -0.25) is 9.69 Å². The number of likely N-dealkylation sites (tertiary alicyclic amines) is 1. The van der Waals surface area contributed by atoms with Gasteiger partial charge < -0.3 is 15.7 Å². The highest BCUT2D eigenvalue weighted by Crippen LogP contribution is 2.18. The molecule has 0 radical (unpaired) electrons. The lowest BCUT2D eigenvalue weighted by Crippen LogP contribution is -2.46. The molecule has 2 unspecified atom stereocenters. The molecule has 1 rings (SSSR count). The Kier molecular flexibility index (Phi) is 4.05. The van der Waals surface area contributed by atoms with Crippen molar-refractivity contribution in [3.05, 3.63) is 0 Å². The molecule has 0 aromatic heterocycles. The van der Waals surface area contributed by atoms with Crippen molar-refractivity contribution in [2.45, 2.75) is 25.4 Å². The van der Waals surface area contributed by atoms with Gasteiger partial charge in [-0.2, -0.15) is 0 Å². The van der Waals surface area contributed by atoms with Gasteiger partial charge in [0, 0.05) is 19.0 Å². The van der Waals surface area contributed by atoms with Crippen LogP contribution in [0.2, 0.25) is 0 Å². The van der Waals surface area contributed by atoms with Gasteiger partial charge in [-0.25, -0.2) is 0 Å². The Balaban J connectivity index is 2.76. The van der Waals surface area contributed by atoms with Crippen molar-refractivity contribution < 1.29 is 14.7 Å². The molecule has 1 aliphatic heterocycles. The highest BCUT2D eigenvalue weighted by Gasteiger charge is 2.36. The van der Waals surface area contributed by atoms with Crippen molar-refractivity contribution in [2.24, 2.45) is 10.9 Å². The lowest BCUT2D eigenvalue weighted by Gasteiger charge is -2.26. The van der Waals surface area contributed by atoms with E-state index >= 15 is 0 Å². The number of carbonyl (C=O) groups excluding carboxylic acids is 1. The second-order valence-corrected chi connectivity index (χ2v) is 3.67. The Morgan fingerprint density at radius 2 is 2.53 bits per heavy atom. The fourth-order valence-electron chi connectivity index (χ4n) is 1.75. The summed E-state index contributed by atoms with van der Waals surface area (Å²) in [4.78, 5) is 17.7. The second-order valence-electron chi connectivity index (χ2n) is 3.67. The first-order valence-electron chi connectivity index (χ1n) is 4.85. The Labute approximate surface area is 88.7 Å².